The largest absolute Gasteiger partial charge is 0.340 e. The van der Waals surface area contributed by atoms with Crippen LogP contribution in [0.1, 0.15) is 28.9 Å². The summed E-state index contributed by atoms with van der Waals surface area (Å²) in [6.07, 6.45) is 4.62. The maximum absolute atomic E-state index is 13.8. The standard InChI is InChI=1S/C20H27FN4O/c1-23(20(26)19-9-11-22-24(19)2)14-16-6-5-12-25(15-16)13-10-17-7-3-4-8-18(17)21/h3-4,7-9,11,16H,5-6,10,12-15H2,1-2H3. The Labute approximate surface area is 154 Å². The summed E-state index contributed by atoms with van der Waals surface area (Å²) in [5.41, 5.74) is 1.39. The third kappa shape index (κ3) is 4.49. The lowest BCUT2D eigenvalue weighted by Crippen LogP contribution is -2.42. The van der Waals surface area contributed by atoms with E-state index >= 15 is 0 Å². The van der Waals surface area contributed by atoms with Crippen molar-refractivity contribution in [2.75, 3.05) is 33.2 Å². The van der Waals surface area contributed by atoms with Gasteiger partial charge in [-0.3, -0.25) is 9.48 Å². The van der Waals surface area contributed by atoms with E-state index in [1.54, 1.807) is 35.0 Å². The Hall–Kier alpha value is -2.21. The van der Waals surface area contributed by atoms with Crippen LogP contribution in [0.25, 0.3) is 0 Å². The molecule has 1 saturated heterocycles. The van der Waals surface area contributed by atoms with Crippen molar-refractivity contribution in [3.63, 3.8) is 0 Å². The summed E-state index contributed by atoms with van der Waals surface area (Å²) >= 11 is 0. The number of benzene rings is 1. The summed E-state index contributed by atoms with van der Waals surface area (Å²) in [6, 6.07) is 8.74. The van der Waals surface area contributed by atoms with Crippen molar-refractivity contribution in [2.24, 2.45) is 13.0 Å². The molecule has 0 aliphatic carbocycles. The molecule has 26 heavy (non-hydrogen) atoms. The first kappa shape index (κ1) is 18.6. The monoisotopic (exact) mass is 358 g/mol. The van der Waals surface area contributed by atoms with E-state index in [2.05, 4.69) is 10.00 Å². The van der Waals surface area contributed by atoms with Gasteiger partial charge in [0.1, 0.15) is 11.5 Å². The van der Waals surface area contributed by atoms with Gasteiger partial charge in [-0.25, -0.2) is 4.39 Å². The normalized spacial score (nSPS) is 18.0. The van der Waals surface area contributed by atoms with Crippen molar-refractivity contribution in [2.45, 2.75) is 19.3 Å². The van der Waals surface area contributed by atoms with E-state index in [0.717, 1.165) is 51.0 Å². The van der Waals surface area contributed by atoms with Crippen LogP contribution in [0.2, 0.25) is 0 Å². The van der Waals surface area contributed by atoms with Gasteiger partial charge in [-0.2, -0.15) is 5.10 Å². The van der Waals surface area contributed by atoms with Gasteiger partial charge in [0.15, 0.2) is 0 Å². The minimum atomic E-state index is -0.123. The van der Waals surface area contributed by atoms with Crippen molar-refractivity contribution < 1.29 is 9.18 Å². The average Bonchev–Trinajstić information content (AvgIpc) is 3.06. The number of amides is 1. The number of carbonyl (C=O) groups excluding carboxylic acids is 1. The van der Waals surface area contributed by atoms with Crippen LogP contribution < -0.4 is 0 Å². The van der Waals surface area contributed by atoms with E-state index < -0.39 is 0 Å². The van der Waals surface area contributed by atoms with Gasteiger partial charge in [0, 0.05) is 39.9 Å². The SMILES string of the molecule is CN(CC1CCCN(CCc2ccccc2F)C1)C(=O)c1ccnn1C. The van der Waals surface area contributed by atoms with E-state index in [0.29, 0.717) is 11.6 Å². The highest BCUT2D eigenvalue weighted by molar-refractivity contribution is 5.92. The Bertz CT molecular complexity index is 745. The summed E-state index contributed by atoms with van der Waals surface area (Å²) in [7, 11) is 3.64. The molecular weight excluding hydrogens is 331 g/mol. The van der Waals surface area contributed by atoms with Gasteiger partial charge < -0.3 is 9.80 Å². The number of likely N-dealkylation sites (tertiary alicyclic amines) is 1. The molecule has 1 aliphatic heterocycles. The molecule has 140 valence electrons. The predicted molar refractivity (Wildman–Crippen MR) is 99.4 cm³/mol. The van der Waals surface area contributed by atoms with Crippen LogP contribution >= 0.6 is 0 Å². The molecule has 1 unspecified atom stereocenters. The first-order valence-corrected chi connectivity index (χ1v) is 9.24. The van der Waals surface area contributed by atoms with Crippen molar-refractivity contribution >= 4 is 5.91 Å². The molecule has 3 rings (SSSR count). The second-order valence-electron chi connectivity index (χ2n) is 7.18. The molecule has 1 aromatic carbocycles. The molecular formula is C20H27FN4O. The van der Waals surface area contributed by atoms with Gasteiger partial charge in [-0.05, 0) is 49.4 Å². The number of aryl methyl sites for hydroxylation is 1. The molecule has 1 amide bonds. The van der Waals surface area contributed by atoms with Crippen LogP contribution in [0.15, 0.2) is 36.5 Å². The van der Waals surface area contributed by atoms with Gasteiger partial charge in [-0.1, -0.05) is 18.2 Å². The Morgan fingerprint density at radius 1 is 1.35 bits per heavy atom. The molecule has 6 heteroatoms. The summed E-state index contributed by atoms with van der Waals surface area (Å²) in [6.45, 7) is 3.60. The smallest absolute Gasteiger partial charge is 0.271 e. The zero-order chi connectivity index (χ0) is 18.5. The molecule has 0 radical (unpaired) electrons. The lowest BCUT2D eigenvalue weighted by Gasteiger charge is -2.34. The number of hydrogen-bond donors (Lipinski definition) is 0. The third-order valence-corrected chi connectivity index (χ3v) is 5.18. The highest BCUT2D eigenvalue weighted by Crippen LogP contribution is 2.19. The summed E-state index contributed by atoms with van der Waals surface area (Å²) in [5.74, 6) is 0.336. The molecule has 2 aromatic rings. The van der Waals surface area contributed by atoms with E-state index in [1.807, 2.05) is 19.2 Å². The van der Waals surface area contributed by atoms with E-state index in [-0.39, 0.29) is 11.7 Å². The number of rotatable bonds is 6. The van der Waals surface area contributed by atoms with Crippen molar-refractivity contribution in [1.82, 2.24) is 19.6 Å². The quantitative estimate of drug-likeness (QED) is 0.797. The predicted octanol–water partition coefficient (Wildman–Crippen LogP) is 2.59. The van der Waals surface area contributed by atoms with Crippen LogP contribution in [0.5, 0.6) is 0 Å². The Kier molecular flexibility index (Phi) is 6.04. The van der Waals surface area contributed by atoms with E-state index in [1.165, 1.54) is 6.07 Å². The zero-order valence-corrected chi connectivity index (χ0v) is 15.6. The van der Waals surface area contributed by atoms with Crippen molar-refractivity contribution in [3.05, 3.63) is 53.6 Å². The number of aromatic nitrogens is 2. The fourth-order valence-corrected chi connectivity index (χ4v) is 3.73. The van der Waals surface area contributed by atoms with E-state index in [9.17, 15) is 9.18 Å². The first-order valence-electron chi connectivity index (χ1n) is 9.24. The minimum absolute atomic E-state index is 0.00785. The first-order chi connectivity index (χ1) is 12.5. The van der Waals surface area contributed by atoms with Gasteiger partial charge >= 0.3 is 0 Å². The number of carbonyl (C=O) groups is 1. The summed E-state index contributed by atoms with van der Waals surface area (Å²) in [4.78, 5) is 16.7. The van der Waals surface area contributed by atoms with Crippen molar-refractivity contribution in [1.29, 1.82) is 0 Å². The molecule has 1 aliphatic rings. The summed E-state index contributed by atoms with van der Waals surface area (Å²) < 4.78 is 15.4. The third-order valence-electron chi connectivity index (χ3n) is 5.18. The fraction of sp³-hybridized carbons (Fsp3) is 0.500. The fourth-order valence-electron chi connectivity index (χ4n) is 3.73. The number of piperidine rings is 1. The topological polar surface area (TPSA) is 41.4 Å². The van der Waals surface area contributed by atoms with Crippen LogP contribution in [-0.2, 0) is 13.5 Å². The minimum Gasteiger partial charge on any atom is -0.340 e. The molecule has 0 saturated carbocycles. The Balaban J connectivity index is 1.51. The molecule has 0 bridgehead atoms. The molecule has 0 N–H and O–H groups in total. The van der Waals surface area contributed by atoms with Gasteiger partial charge in [-0.15, -0.1) is 0 Å². The molecule has 0 spiro atoms. The van der Waals surface area contributed by atoms with Crippen LogP contribution in [0, 0.1) is 11.7 Å². The maximum Gasteiger partial charge on any atom is 0.271 e. The molecule has 2 heterocycles. The number of hydrogen-bond acceptors (Lipinski definition) is 3. The Morgan fingerprint density at radius 2 is 2.15 bits per heavy atom. The van der Waals surface area contributed by atoms with E-state index in [4.69, 9.17) is 0 Å². The second-order valence-corrected chi connectivity index (χ2v) is 7.18. The second kappa shape index (κ2) is 8.45. The maximum atomic E-state index is 13.8. The molecule has 1 aromatic heterocycles. The lowest BCUT2D eigenvalue weighted by atomic mass is 9.97. The highest BCUT2D eigenvalue weighted by Gasteiger charge is 2.24. The summed E-state index contributed by atoms with van der Waals surface area (Å²) in [5, 5.41) is 4.07. The van der Waals surface area contributed by atoms with Crippen LogP contribution in [-0.4, -0.2) is 58.7 Å². The lowest BCUT2D eigenvalue weighted by molar-refractivity contribution is 0.0719. The molecule has 1 atom stereocenters. The highest BCUT2D eigenvalue weighted by atomic mass is 19.1. The van der Waals surface area contributed by atoms with Crippen LogP contribution in [0.4, 0.5) is 4.39 Å². The van der Waals surface area contributed by atoms with Crippen LogP contribution in [0.3, 0.4) is 0 Å². The van der Waals surface area contributed by atoms with Crippen molar-refractivity contribution in [3.8, 4) is 0 Å². The van der Waals surface area contributed by atoms with Gasteiger partial charge in [0.05, 0.1) is 0 Å². The van der Waals surface area contributed by atoms with Gasteiger partial charge in [0.25, 0.3) is 5.91 Å². The van der Waals surface area contributed by atoms with Gasteiger partial charge in [0.2, 0.25) is 0 Å². The number of halogens is 1. The zero-order valence-electron chi connectivity index (χ0n) is 15.6. The molecule has 5 nitrogen and oxygen atoms in total. The molecule has 1 fully saturated rings. The average molecular weight is 358 g/mol. The Morgan fingerprint density at radius 3 is 2.88 bits per heavy atom. The number of nitrogens with zero attached hydrogens (tertiary/aromatic N) is 4.